The second-order valence-electron chi connectivity index (χ2n) is 4.58. The molecule has 1 N–H and O–H groups in total. The summed E-state index contributed by atoms with van der Waals surface area (Å²) in [5.41, 5.74) is 1.23. The number of nitrogens with zero attached hydrogens (tertiary/aromatic N) is 2. The Labute approximate surface area is 96.6 Å². The van der Waals surface area contributed by atoms with Crippen molar-refractivity contribution in [3.05, 3.63) is 18.0 Å². The van der Waals surface area contributed by atoms with Gasteiger partial charge in [-0.2, -0.15) is 16.9 Å². The van der Waals surface area contributed by atoms with Crippen LogP contribution in [0.25, 0.3) is 0 Å². The fraction of sp³-hybridized carbons (Fsp3) is 0.727. The minimum Gasteiger partial charge on any atom is -0.310 e. The van der Waals surface area contributed by atoms with E-state index in [1.54, 1.807) is 0 Å². The first-order valence-electron chi connectivity index (χ1n) is 5.30. The second kappa shape index (κ2) is 5.56. The van der Waals surface area contributed by atoms with Crippen LogP contribution in [0.15, 0.2) is 12.3 Å². The van der Waals surface area contributed by atoms with Crippen molar-refractivity contribution in [3.8, 4) is 0 Å². The molecule has 0 atom stereocenters. The van der Waals surface area contributed by atoms with Gasteiger partial charge in [0.15, 0.2) is 0 Å². The zero-order chi connectivity index (χ0) is 11.3. The number of aryl methyl sites for hydroxylation is 1. The summed E-state index contributed by atoms with van der Waals surface area (Å²) < 4.78 is 2.28. The Kier molecular flexibility index (Phi) is 4.67. The number of rotatable bonds is 5. The number of hydrogen-bond donors (Lipinski definition) is 1. The Morgan fingerprint density at radius 1 is 1.47 bits per heavy atom. The molecule has 86 valence electrons. The van der Waals surface area contributed by atoms with E-state index >= 15 is 0 Å². The van der Waals surface area contributed by atoms with Gasteiger partial charge in [-0.25, -0.2) is 0 Å². The molecule has 0 aliphatic carbocycles. The number of nitrogens with one attached hydrogen (secondary N) is 1. The lowest BCUT2D eigenvalue weighted by Gasteiger charge is -2.17. The van der Waals surface area contributed by atoms with Crippen molar-refractivity contribution in [1.82, 2.24) is 15.1 Å². The van der Waals surface area contributed by atoms with Crippen LogP contribution in [0.2, 0.25) is 0 Å². The monoisotopic (exact) mass is 227 g/mol. The van der Waals surface area contributed by atoms with Gasteiger partial charge in [-0.1, -0.05) is 20.8 Å². The molecule has 0 saturated heterocycles. The van der Waals surface area contributed by atoms with Crippen LogP contribution in [0.1, 0.15) is 26.5 Å². The molecule has 0 bridgehead atoms. The van der Waals surface area contributed by atoms with Crippen LogP contribution >= 0.6 is 11.8 Å². The van der Waals surface area contributed by atoms with Gasteiger partial charge in [0, 0.05) is 36.8 Å². The highest BCUT2D eigenvalue weighted by Gasteiger charge is 2.09. The molecule has 1 rings (SSSR count). The van der Waals surface area contributed by atoms with Crippen molar-refractivity contribution in [2.45, 2.75) is 32.1 Å². The summed E-state index contributed by atoms with van der Waals surface area (Å²) in [5.74, 6) is 1.15. The van der Waals surface area contributed by atoms with Crippen LogP contribution < -0.4 is 5.32 Å². The Morgan fingerprint density at radius 2 is 2.20 bits per heavy atom. The molecule has 0 aliphatic heterocycles. The molecule has 1 aromatic heterocycles. The smallest absolute Gasteiger partial charge is 0.0518 e. The zero-order valence-corrected chi connectivity index (χ0v) is 10.9. The summed E-state index contributed by atoms with van der Waals surface area (Å²) >= 11 is 1.99. The van der Waals surface area contributed by atoms with E-state index in [2.05, 4.69) is 31.2 Å². The molecule has 0 amide bonds. The van der Waals surface area contributed by atoms with Crippen LogP contribution in [0, 0.1) is 0 Å². The summed E-state index contributed by atoms with van der Waals surface area (Å²) in [6, 6.07) is 2.05. The molecular weight excluding hydrogens is 206 g/mol. The summed E-state index contributed by atoms with van der Waals surface area (Å²) in [5, 5.41) is 7.55. The SMILES string of the molecule is Cn1nccc1CNCCSC(C)(C)C. The highest BCUT2D eigenvalue weighted by Crippen LogP contribution is 2.21. The van der Waals surface area contributed by atoms with E-state index in [4.69, 9.17) is 0 Å². The number of aromatic nitrogens is 2. The molecule has 1 aromatic rings. The van der Waals surface area contributed by atoms with Gasteiger partial charge in [-0.15, -0.1) is 0 Å². The Balaban J connectivity index is 2.10. The molecule has 0 fully saturated rings. The third kappa shape index (κ3) is 5.23. The van der Waals surface area contributed by atoms with E-state index in [9.17, 15) is 0 Å². The first-order chi connectivity index (χ1) is 6.99. The average Bonchev–Trinajstić information content (AvgIpc) is 2.49. The molecule has 0 aliphatic rings. The fourth-order valence-electron chi connectivity index (χ4n) is 1.22. The topological polar surface area (TPSA) is 29.9 Å². The van der Waals surface area contributed by atoms with Crippen molar-refractivity contribution in [1.29, 1.82) is 0 Å². The van der Waals surface area contributed by atoms with Crippen LogP contribution in [0.5, 0.6) is 0 Å². The van der Waals surface area contributed by atoms with Gasteiger partial charge in [0.1, 0.15) is 0 Å². The molecule has 0 unspecified atom stereocenters. The van der Waals surface area contributed by atoms with Gasteiger partial charge >= 0.3 is 0 Å². The zero-order valence-electron chi connectivity index (χ0n) is 10.1. The largest absolute Gasteiger partial charge is 0.310 e. The molecule has 0 aromatic carbocycles. The van der Waals surface area contributed by atoms with E-state index in [0.717, 1.165) is 18.8 Å². The quantitative estimate of drug-likeness (QED) is 0.781. The number of thioether (sulfide) groups is 1. The highest BCUT2D eigenvalue weighted by atomic mass is 32.2. The Hall–Kier alpha value is -0.480. The summed E-state index contributed by atoms with van der Waals surface area (Å²) in [6.45, 7) is 8.70. The molecule has 15 heavy (non-hydrogen) atoms. The highest BCUT2D eigenvalue weighted by molar-refractivity contribution is 8.00. The lowest BCUT2D eigenvalue weighted by molar-refractivity contribution is 0.644. The van der Waals surface area contributed by atoms with Gasteiger partial charge in [-0.05, 0) is 6.07 Å². The van der Waals surface area contributed by atoms with Gasteiger partial charge in [0.2, 0.25) is 0 Å². The third-order valence-electron chi connectivity index (χ3n) is 2.04. The summed E-state index contributed by atoms with van der Waals surface area (Å²) in [4.78, 5) is 0. The van der Waals surface area contributed by atoms with E-state index in [-0.39, 0.29) is 0 Å². The van der Waals surface area contributed by atoms with Crippen molar-refractivity contribution in [2.24, 2.45) is 7.05 Å². The van der Waals surface area contributed by atoms with Gasteiger partial charge < -0.3 is 5.32 Å². The van der Waals surface area contributed by atoms with E-state index < -0.39 is 0 Å². The Bertz CT molecular complexity index is 288. The molecule has 3 nitrogen and oxygen atoms in total. The van der Waals surface area contributed by atoms with Crippen molar-refractivity contribution < 1.29 is 0 Å². The van der Waals surface area contributed by atoms with Crippen LogP contribution in [0.3, 0.4) is 0 Å². The molecule has 0 spiro atoms. The maximum atomic E-state index is 4.13. The molecule has 1 heterocycles. The van der Waals surface area contributed by atoms with Gasteiger partial charge in [0.05, 0.1) is 5.69 Å². The fourth-order valence-corrected chi connectivity index (χ4v) is 2.08. The van der Waals surface area contributed by atoms with Crippen molar-refractivity contribution >= 4 is 11.8 Å². The molecule has 0 radical (unpaired) electrons. The molecular formula is C11H21N3S. The summed E-state index contributed by atoms with van der Waals surface area (Å²) in [7, 11) is 1.97. The van der Waals surface area contributed by atoms with E-state index in [0.29, 0.717) is 4.75 Å². The summed E-state index contributed by atoms with van der Waals surface area (Å²) in [6.07, 6.45) is 1.83. The second-order valence-corrected chi connectivity index (χ2v) is 6.51. The maximum absolute atomic E-state index is 4.13. The van der Waals surface area contributed by atoms with E-state index in [1.807, 2.05) is 35.8 Å². The lowest BCUT2D eigenvalue weighted by Crippen LogP contribution is -2.20. The predicted octanol–water partition coefficient (Wildman–Crippen LogP) is 2.04. The first kappa shape index (κ1) is 12.6. The molecule has 0 saturated carbocycles. The average molecular weight is 227 g/mol. The number of hydrogen-bond acceptors (Lipinski definition) is 3. The minimum absolute atomic E-state index is 0.369. The minimum atomic E-state index is 0.369. The van der Waals surface area contributed by atoms with E-state index in [1.165, 1.54) is 5.69 Å². The maximum Gasteiger partial charge on any atom is 0.0518 e. The van der Waals surface area contributed by atoms with Crippen molar-refractivity contribution in [3.63, 3.8) is 0 Å². The first-order valence-corrected chi connectivity index (χ1v) is 6.29. The standard InChI is InChI=1S/C11H21N3S/c1-11(2,3)15-8-7-12-9-10-5-6-13-14(10)4/h5-6,12H,7-9H2,1-4H3. The van der Waals surface area contributed by atoms with Crippen LogP contribution in [-0.4, -0.2) is 26.8 Å². The van der Waals surface area contributed by atoms with Gasteiger partial charge in [0.25, 0.3) is 0 Å². The van der Waals surface area contributed by atoms with Crippen LogP contribution in [0.4, 0.5) is 0 Å². The lowest BCUT2D eigenvalue weighted by atomic mass is 10.3. The Morgan fingerprint density at radius 3 is 2.73 bits per heavy atom. The van der Waals surface area contributed by atoms with Crippen LogP contribution in [-0.2, 0) is 13.6 Å². The predicted molar refractivity (Wildman–Crippen MR) is 67.1 cm³/mol. The molecule has 4 heteroatoms. The van der Waals surface area contributed by atoms with Crippen molar-refractivity contribution in [2.75, 3.05) is 12.3 Å². The third-order valence-corrected chi connectivity index (χ3v) is 3.32. The normalized spacial score (nSPS) is 12.0. The van der Waals surface area contributed by atoms with Gasteiger partial charge in [-0.3, -0.25) is 4.68 Å².